The third kappa shape index (κ3) is 6.51. The van der Waals surface area contributed by atoms with E-state index in [9.17, 15) is 0 Å². The number of nitrogens with zero attached hydrogens (tertiary/aromatic N) is 2. The topological polar surface area (TPSA) is 36.9 Å². The first-order valence-electron chi connectivity index (χ1n) is 6.63. The highest BCUT2D eigenvalue weighted by Gasteiger charge is 2.21. The summed E-state index contributed by atoms with van der Waals surface area (Å²) < 4.78 is 5.62. The minimum Gasteiger partial charge on any atom is -0.379 e. The molecule has 0 aromatic carbocycles. The van der Waals surface area contributed by atoms with E-state index in [0.29, 0.717) is 5.92 Å². The molecular weight excluding hydrogens is 214 g/mol. The summed E-state index contributed by atoms with van der Waals surface area (Å²) in [6.45, 7) is 7.96. The van der Waals surface area contributed by atoms with Crippen molar-refractivity contribution >= 4 is 5.96 Å². The molecule has 4 nitrogen and oxygen atoms in total. The first kappa shape index (κ1) is 14.3. The normalized spacial score (nSPS) is 16.4. The molecule has 0 aromatic rings. The number of guanidine groups is 1. The second-order valence-electron chi connectivity index (χ2n) is 5.26. The molecule has 1 N–H and O–H groups in total. The minimum atomic E-state index is 0.631. The van der Waals surface area contributed by atoms with Crippen molar-refractivity contribution in [3.8, 4) is 0 Å². The van der Waals surface area contributed by atoms with Gasteiger partial charge in [0.25, 0.3) is 0 Å². The van der Waals surface area contributed by atoms with Crippen molar-refractivity contribution in [1.82, 2.24) is 10.2 Å². The Kier molecular flexibility index (Phi) is 6.34. The summed E-state index contributed by atoms with van der Waals surface area (Å²) in [5.74, 6) is 2.43. The van der Waals surface area contributed by atoms with Gasteiger partial charge in [0.05, 0.1) is 6.61 Å². The van der Waals surface area contributed by atoms with Crippen LogP contribution in [0.25, 0.3) is 0 Å². The highest BCUT2D eigenvalue weighted by molar-refractivity contribution is 5.79. The SMILES string of the molecule is CN=C(NCC(C)C)N(C)CCOCC1CC1. The van der Waals surface area contributed by atoms with Gasteiger partial charge in [0, 0.05) is 33.8 Å². The Morgan fingerprint density at radius 2 is 2.18 bits per heavy atom. The number of ether oxygens (including phenoxy) is 1. The lowest BCUT2D eigenvalue weighted by Crippen LogP contribution is -2.41. The quantitative estimate of drug-likeness (QED) is 0.418. The highest BCUT2D eigenvalue weighted by Crippen LogP contribution is 2.28. The number of rotatable bonds is 7. The molecule has 100 valence electrons. The van der Waals surface area contributed by atoms with Crippen LogP contribution in [0.2, 0.25) is 0 Å². The Morgan fingerprint density at radius 1 is 1.47 bits per heavy atom. The van der Waals surface area contributed by atoms with E-state index in [4.69, 9.17) is 4.74 Å². The summed E-state index contributed by atoms with van der Waals surface area (Å²) in [7, 11) is 3.88. The van der Waals surface area contributed by atoms with E-state index in [1.165, 1.54) is 12.8 Å². The predicted molar refractivity (Wildman–Crippen MR) is 72.4 cm³/mol. The molecule has 1 fully saturated rings. The average Bonchev–Trinajstić information content (AvgIpc) is 3.08. The molecule has 0 aliphatic heterocycles. The third-order valence-electron chi connectivity index (χ3n) is 2.86. The van der Waals surface area contributed by atoms with Gasteiger partial charge >= 0.3 is 0 Å². The fraction of sp³-hybridized carbons (Fsp3) is 0.923. The van der Waals surface area contributed by atoms with Crippen molar-refractivity contribution in [1.29, 1.82) is 0 Å². The van der Waals surface area contributed by atoms with Crippen LogP contribution >= 0.6 is 0 Å². The molecule has 0 aromatic heterocycles. The van der Waals surface area contributed by atoms with Gasteiger partial charge in [-0.05, 0) is 24.7 Å². The average molecular weight is 241 g/mol. The number of nitrogens with one attached hydrogen (secondary N) is 1. The lowest BCUT2D eigenvalue weighted by molar-refractivity contribution is 0.115. The zero-order valence-electron chi connectivity index (χ0n) is 11.7. The number of hydrogen-bond acceptors (Lipinski definition) is 2. The van der Waals surface area contributed by atoms with Gasteiger partial charge in [-0.15, -0.1) is 0 Å². The van der Waals surface area contributed by atoms with Crippen LogP contribution in [0.4, 0.5) is 0 Å². The molecule has 0 atom stereocenters. The van der Waals surface area contributed by atoms with Gasteiger partial charge in [0.15, 0.2) is 5.96 Å². The Labute approximate surface area is 105 Å². The van der Waals surface area contributed by atoms with E-state index in [-0.39, 0.29) is 0 Å². The molecule has 0 spiro atoms. The van der Waals surface area contributed by atoms with E-state index in [0.717, 1.165) is 38.2 Å². The smallest absolute Gasteiger partial charge is 0.193 e. The Hall–Kier alpha value is -0.770. The zero-order valence-corrected chi connectivity index (χ0v) is 11.7. The molecule has 0 heterocycles. The molecule has 1 aliphatic rings. The summed E-state index contributed by atoms with van der Waals surface area (Å²) in [6, 6.07) is 0. The van der Waals surface area contributed by atoms with Gasteiger partial charge in [-0.25, -0.2) is 0 Å². The van der Waals surface area contributed by atoms with Gasteiger partial charge in [-0.3, -0.25) is 4.99 Å². The molecule has 1 aliphatic carbocycles. The summed E-state index contributed by atoms with van der Waals surface area (Å²) in [4.78, 5) is 6.38. The number of aliphatic imine (C=N–C) groups is 1. The molecule has 17 heavy (non-hydrogen) atoms. The van der Waals surface area contributed by atoms with Crippen LogP contribution in [0.5, 0.6) is 0 Å². The Balaban J connectivity index is 2.11. The van der Waals surface area contributed by atoms with Crippen LogP contribution in [-0.2, 0) is 4.74 Å². The second kappa shape index (κ2) is 7.54. The molecule has 1 rings (SSSR count). The molecule has 0 bridgehead atoms. The first-order chi connectivity index (χ1) is 8.13. The van der Waals surface area contributed by atoms with Gasteiger partial charge in [0.1, 0.15) is 0 Å². The zero-order chi connectivity index (χ0) is 12.7. The fourth-order valence-electron chi connectivity index (χ4n) is 1.52. The Morgan fingerprint density at radius 3 is 2.71 bits per heavy atom. The summed E-state index contributed by atoms with van der Waals surface area (Å²) >= 11 is 0. The van der Waals surface area contributed by atoms with E-state index < -0.39 is 0 Å². The van der Waals surface area contributed by atoms with Crippen LogP contribution in [0.3, 0.4) is 0 Å². The summed E-state index contributed by atoms with van der Waals surface area (Å²) in [6.07, 6.45) is 2.71. The monoisotopic (exact) mass is 241 g/mol. The molecule has 0 saturated heterocycles. The highest BCUT2D eigenvalue weighted by atomic mass is 16.5. The van der Waals surface area contributed by atoms with Crippen molar-refractivity contribution in [3.63, 3.8) is 0 Å². The third-order valence-corrected chi connectivity index (χ3v) is 2.86. The maximum Gasteiger partial charge on any atom is 0.193 e. The molecule has 1 saturated carbocycles. The standard InChI is InChI=1S/C13H27N3O/c1-11(2)9-15-13(14-3)16(4)7-8-17-10-12-5-6-12/h11-12H,5-10H2,1-4H3,(H,14,15). The summed E-state index contributed by atoms with van der Waals surface area (Å²) in [5.41, 5.74) is 0. The van der Waals surface area contributed by atoms with E-state index in [1.54, 1.807) is 0 Å². The van der Waals surface area contributed by atoms with Crippen molar-refractivity contribution in [2.75, 3.05) is 40.4 Å². The maximum atomic E-state index is 5.62. The van der Waals surface area contributed by atoms with Crippen LogP contribution in [-0.4, -0.2) is 51.3 Å². The maximum absolute atomic E-state index is 5.62. The molecule has 4 heteroatoms. The molecule has 0 unspecified atom stereocenters. The van der Waals surface area contributed by atoms with E-state index in [2.05, 4.69) is 36.1 Å². The van der Waals surface area contributed by atoms with E-state index in [1.807, 2.05) is 7.05 Å². The van der Waals surface area contributed by atoms with Gasteiger partial charge in [-0.1, -0.05) is 13.8 Å². The van der Waals surface area contributed by atoms with Crippen LogP contribution < -0.4 is 5.32 Å². The van der Waals surface area contributed by atoms with Crippen molar-refractivity contribution in [3.05, 3.63) is 0 Å². The van der Waals surface area contributed by atoms with Gasteiger partial charge < -0.3 is 15.0 Å². The Bertz CT molecular complexity index is 237. The van der Waals surface area contributed by atoms with Crippen LogP contribution in [0.15, 0.2) is 4.99 Å². The van der Waals surface area contributed by atoms with Crippen molar-refractivity contribution in [2.45, 2.75) is 26.7 Å². The largest absolute Gasteiger partial charge is 0.379 e. The van der Waals surface area contributed by atoms with Crippen molar-refractivity contribution < 1.29 is 4.74 Å². The van der Waals surface area contributed by atoms with Crippen molar-refractivity contribution in [2.24, 2.45) is 16.8 Å². The van der Waals surface area contributed by atoms with Gasteiger partial charge in [0.2, 0.25) is 0 Å². The molecular formula is C13H27N3O. The number of likely N-dealkylation sites (N-methyl/N-ethyl adjacent to an activating group) is 1. The first-order valence-corrected chi connectivity index (χ1v) is 6.63. The minimum absolute atomic E-state index is 0.631. The lowest BCUT2D eigenvalue weighted by Gasteiger charge is -2.22. The number of hydrogen-bond donors (Lipinski definition) is 1. The van der Waals surface area contributed by atoms with Crippen LogP contribution in [0.1, 0.15) is 26.7 Å². The predicted octanol–water partition coefficient (Wildman–Crippen LogP) is 1.58. The fourth-order valence-corrected chi connectivity index (χ4v) is 1.52. The summed E-state index contributed by atoms with van der Waals surface area (Å²) in [5, 5.41) is 3.35. The van der Waals surface area contributed by atoms with E-state index >= 15 is 0 Å². The van der Waals surface area contributed by atoms with Gasteiger partial charge in [-0.2, -0.15) is 0 Å². The lowest BCUT2D eigenvalue weighted by atomic mass is 10.2. The van der Waals surface area contributed by atoms with Crippen LogP contribution in [0, 0.1) is 11.8 Å². The molecule has 0 radical (unpaired) electrons. The molecule has 0 amide bonds. The second-order valence-corrected chi connectivity index (χ2v) is 5.26.